The number of aromatic nitrogens is 2. The molecule has 7 unspecified atom stereocenters. The number of aromatic amines is 1. The van der Waals surface area contributed by atoms with Crippen molar-refractivity contribution < 1.29 is 14.6 Å². The standard InChI is InChI=1S/C42H53N7O3/c1-22(2)36(48-41(51)52-3)40(50)49-21-42(12-13-42)18-35(49)38-43-20-34(46-38)26-9-8-25-15-29(31-17-32(31)30(25)16-26)23-4-6-24(7-5-23)33-19-44-39(47-33)37-27-10-11-28(14-27)45-37/h4,6,8-9,15-16,19-20,22,27-28,31-32,35-38,40,43,45-46,50H,5,7,10-14,17-18,21H2,1-3H3,(H,44,47)(H,48,51)/t27?,28?,31?,32?,35-,36-,37?,38?,40?/m0/s1. The summed E-state index contributed by atoms with van der Waals surface area (Å²) in [5.74, 6) is 3.10. The molecular formula is C42H53N7O3. The second kappa shape index (κ2) is 12.4. The number of aliphatic hydroxyl groups excluding tert-OH is 1. The first-order valence-electron chi connectivity index (χ1n) is 19.8. The van der Waals surface area contributed by atoms with Crippen LogP contribution in [-0.2, 0) is 4.74 Å². The molecule has 6 N–H and O–H groups in total. The molecule has 10 rings (SSSR count). The molecule has 0 radical (unpaired) electrons. The number of hydrogen-bond acceptors (Lipinski definition) is 8. The number of piperidine rings is 1. The van der Waals surface area contributed by atoms with Gasteiger partial charge in [0.1, 0.15) is 18.2 Å². The van der Waals surface area contributed by atoms with Crippen molar-refractivity contribution in [2.45, 2.75) is 114 Å². The van der Waals surface area contributed by atoms with E-state index in [1.807, 2.05) is 13.8 Å². The van der Waals surface area contributed by atoms with E-state index < -0.39 is 18.4 Å². The highest BCUT2D eigenvalue weighted by Gasteiger charge is 2.56. The Hall–Kier alpha value is -3.86. The number of likely N-dealkylation sites (tertiary alicyclic amines) is 1. The van der Waals surface area contributed by atoms with E-state index in [2.05, 4.69) is 80.0 Å². The zero-order valence-electron chi connectivity index (χ0n) is 30.6. The zero-order valence-corrected chi connectivity index (χ0v) is 30.6. The van der Waals surface area contributed by atoms with Gasteiger partial charge in [-0.3, -0.25) is 4.90 Å². The van der Waals surface area contributed by atoms with Crippen LogP contribution in [0.4, 0.5) is 4.79 Å². The van der Waals surface area contributed by atoms with Crippen LogP contribution in [0.2, 0.25) is 0 Å². The third-order valence-corrected chi connectivity index (χ3v) is 13.9. The zero-order chi connectivity index (χ0) is 35.3. The number of carbonyl (C=O) groups is 1. The number of amides is 1. The van der Waals surface area contributed by atoms with E-state index in [4.69, 9.17) is 9.72 Å². The number of fused-ring (bicyclic) bond motifs is 5. The molecule has 274 valence electrons. The monoisotopic (exact) mass is 703 g/mol. The van der Waals surface area contributed by atoms with Gasteiger partial charge >= 0.3 is 6.09 Å². The molecular weight excluding hydrogens is 651 g/mol. The summed E-state index contributed by atoms with van der Waals surface area (Å²) in [6.07, 6.45) is 20.7. The molecule has 3 saturated carbocycles. The predicted octanol–water partition coefficient (Wildman–Crippen LogP) is 5.90. The second-order valence-corrected chi connectivity index (χ2v) is 17.5. The summed E-state index contributed by atoms with van der Waals surface area (Å²) in [6.45, 7) is 4.90. The highest BCUT2D eigenvalue weighted by atomic mass is 16.5. The van der Waals surface area contributed by atoms with Crippen LogP contribution < -0.4 is 21.3 Å². The first-order valence-corrected chi connectivity index (χ1v) is 19.8. The van der Waals surface area contributed by atoms with E-state index in [-0.39, 0.29) is 23.5 Å². The number of imidazole rings is 1. The van der Waals surface area contributed by atoms with Crippen LogP contribution >= 0.6 is 0 Å². The van der Waals surface area contributed by atoms with Crippen LogP contribution in [0.1, 0.15) is 112 Å². The van der Waals surface area contributed by atoms with Crippen LogP contribution in [0.15, 0.2) is 53.9 Å². The Balaban J connectivity index is 0.824. The fraction of sp³-hybridized carbons (Fsp3) is 0.571. The number of benzene rings is 1. The Morgan fingerprint density at radius 3 is 2.69 bits per heavy atom. The van der Waals surface area contributed by atoms with Gasteiger partial charge in [0, 0.05) is 18.8 Å². The van der Waals surface area contributed by atoms with Crippen LogP contribution in [0.3, 0.4) is 0 Å². The lowest BCUT2D eigenvalue weighted by atomic mass is 9.83. The fourth-order valence-corrected chi connectivity index (χ4v) is 10.7. The van der Waals surface area contributed by atoms with Gasteiger partial charge < -0.3 is 36.1 Å². The summed E-state index contributed by atoms with van der Waals surface area (Å²) in [4.78, 5) is 22.9. The normalized spacial score (nSPS) is 33.3. The van der Waals surface area contributed by atoms with Gasteiger partial charge in [-0.25, -0.2) is 9.78 Å². The maximum absolute atomic E-state index is 12.2. The van der Waals surface area contributed by atoms with Crippen molar-refractivity contribution in [2.24, 2.45) is 23.2 Å². The van der Waals surface area contributed by atoms with E-state index in [0.717, 1.165) is 43.2 Å². The van der Waals surface area contributed by atoms with Crippen molar-refractivity contribution in [3.8, 4) is 0 Å². The van der Waals surface area contributed by atoms with Crippen molar-refractivity contribution in [3.05, 3.63) is 82.1 Å². The number of rotatable bonds is 9. The lowest BCUT2D eigenvalue weighted by molar-refractivity contribution is -0.0498. The molecule has 5 aliphatic carbocycles. The lowest BCUT2D eigenvalue weighted by Gasteiger charge is -2.38. The molecule has 1 aromatic heterocycles. The van der Waals surface area contributed by atoms with E-state index in [1.54, 1.807) is 0 Å². The molecule has 8 aliphatic rings. The summed E-state index contributed by atoms with van der Waals surface area (Å²) >= 11 is 0. The maximum atomic E-state index is 12.2. The van der Waals surface area contributed by atoms with Crippen LogP contribution in [-0.4, -0.2) is 70.2 Å². The van der Waals surface area contributed by atoms with Crippen LogP contribution in [0.25, 0.3) is 17.3 Å². The quantitative estimate of drug-likeness (QED) is 0.191. The van der Waals surface area contributed by atoms with Crippen molar-refractivity contribution >= 4 is 23.4 Å². The van der Waals surface area contributed by atoms with E-state index in [0.29, 0.717) is 23.9 Å². The number of aliphatic hydroxyl groups is 1. The summed E-state index contributed by atoms with van der Waals surface area (Å²) in [5.41, 5.74) is 11.0. The summed E-state index contributed by atoms with van der Waals surface area (Å²) in [7, 11) is 1.37. The Bertz CT molecular complexity index is 1900. The third kappa shape index (κ3) is 5.64. The number of allylic oxidation sites excluding steroid dienone is 5. The molecule has 9 atom stereocenters. The molecule has 52 heavy (non-hydrogen) atoms. The third-order valence-electron chi connectivity index (χ3n) is 13.9. The predicted molar refractivity (Wildman–Crippen MR) is 201 cm³/mol. The van der Waals surface area contributed by atoms with Gasteiger partial charge in [-0.05, 0) is 126 Å². The number of ether oxygens (including phenoxy) is 1. The smallest absolute Gasteiger partial charge is 0.407 e. The molecule has 2 bridgehead atoms. The SMILES string of the molecule is COC(=O)N[C@@H](C(C)C)C(O)N1CC2(CC2)C[C@H]1C1NC=C(c2ccc3c(c2)C2CC2C(C2=CC=C(c4cnc(C5NC6CCC5C6)[nH]4)CC2)=C3)N1. The average Bonchev–Trinajstić information content (AvgIpc) is 3.65. The molecule has 1 aromatic carbocycles. The van der Waals surface area contributed by atoms with Gasteiger partial charge in [-0.1, -0.05) is 44.2 Å². The molecule has 2 aromatic rings. The highest BCUT2D eigenvalue weighted by Crippen LogP contribution is 2.59. The minimum Gasteiger partial charge on any atom is -0.453 e. The number of methoxy groups -OCH3 is 1. The summed E-state index contributed by atoms with van der Waals surface area (Å²) in [6, 6.07) is 7.72. The fourth-order valence-electron chi connectivity index (χ4n) is 10.7. The Morgan fingerprint density at radius 2 is 1.96 bits per heavy atom. The largest absolute Gasteiger partial charge is 0.453 e. The molecule has 4 heterocycles. The van der Waals surface area contributed by atoms with Crippen molar-refractivity contribution in [1.29, 1.82) is 0 Å². The summed E-state index contributed by atoms with van der Waals surface area (Å²) < 4.78 is 4.89. The van der Waals surface area contributed by atoms with Gasteiger partial charge in [0.15, 0.2) is 0 Å². The molecule has 10 nitrogen and oxygen atoms in total. The topological polar surface area (TPSA) is 127 Å². The van der Waals surface area contributed by atoms with Crippen molar-refractivity contribution in [3.63, 3.8) is 0 Å². The summed E-state index contributed by atoms with van der Waals surface area (Å²) in [5, 5.41) is 25.8. The molecule has 5 fully saturated rings. The van der Waals surface area contributed by atoms with Gasteiger partial charge in [-0.2, -0.15) is 0 Å². The number of alkyl carbamates (subject to hydrolysis) is 1. The average molecular weight is 704 g/mol. The number of nitrogens with one attached hydrogen (secondary N) is 5. The first kappa shape index (κ1) is 32.8. The molecule has 1 spiro atoms. The molecule has 10 heteroatoms. The minimum absolute atomic E-state index is 0.0224. The minimum atomic E-state index is -0.804. The van der Waals surface area contributed by atoms with Gasteiger partial charge in [0.2, 0.25) is 0 Å². The number of carbonyl (C=O) groups excluding carboxylic acids is 1. The number of nitrogens with zero attached hydrogens (tertiary/aromatic N) is 2. The molecule has 2 saturated heterocycles. The van der Waals surface area contributed by atoms with E-state index in [9.17, 15) is 9.90 Å². The van der Waals surface area contributed by atoms with Gasteiger partial charge in [0.05, 0.1) is 42.8 Å². The highest BCUT2D eigenvalue weighted by molar-refractivity contribution is 5.75. The van der Waals surface area contributed by atoms with Crippen molar-refractivity contribution in [1.82, 2.24) is 36.1 Å². The van der Waals surface area contributed by atoms with E-state index >= 15 is 0 Å². The lowest BCUT2D eigenvalue weighted by Crippen LogP contribution is -2.59. The Kier molecular flexibility index (Phi) is 7.78. The van der Waals surface area contributed by atoms with Crippen molar-refractivity contribution in [2.75, 3.05) is 13.7 Å². The second-order valence-electron chi connectivity index (χ2n) is 17.5. The number of H-pyrrole nitrogens is 1. The number of hydrogen-bond donors (Lipinski definition) is 6. The Morgan fingerprint density at radius 1 is 1.12 bits per heavy atom. The first-order chi connectivity index (χ1) is 25.3. The van der Waals surface area contributed by atoms with Crippen LogP contribution in [0.5, 0.6) is 0 Å². The van der Waals surface area contributed by atoms with Gasteiger partial charge in [0.25, 0.3) is 0 Å². The molecule has 1 amide bonds. The molecule has 3 aliphatic heterocycles. The Labute approximate surface area is 306 Å². The maximum Gasteiger partial charge on any atom is 0.407 e. The van der Waals surface area contributed by atoms with Crippen LogP contribution in [0, 0.1) is 23.2 Å². The van der Waals surface area contributed by atoms with Gasteiger partial charge in [-0.15, -0.1) is 0 Å². The van der Waals surface area contributed by atoms with E-state index in [1.165, 1.54) is 84.7 Å².